The van der Waals surface area contributed by atoms with E-state index < -0.39 is 0 Å². The fourth-order valence-corrected chi connectivity index (χ4v) is 3.46. The third-order valence-corrected chi connectivity index (χ3v) is 4.80. The number of nitrogens with zero attached hydrogens (tertiary/aromatic N) is 6. The monoisotopic (exact) mass is 392 g/mol. The number of hydrogen-bond acceptors (Lipinski definition) is 5. The first-order chi connectivity index (χ1) is 13.7. The molecule has 28 heavy (non-hydrogen) atoms. The first-order valence-electron chi connectivity index (χ1n) is 9.02. The van der Waals surface area contributed by atoms with Crippen molar-refractivity contribution < 1.29 is 4.84 Å². The predicted octanol–water partition coefficient (Wildman–Crippen LogP) is 3.81. The van der Waals surface area contributed by atoms with Gasteiger partial charge in [-0.2, -0.15) is 0 Å². The molecule has 0 amide bonds. The van der Waals surface area contributed by atoms with Gasteiger partial charge in [-0.3, -0.25) is 0 Å². The molecule has 1 unspecified atom stereocenters. The van der Waals surface area contributed by atoms with Crippen LogP contribution in [0.25, 0.3) is 17.0 Å². The lowest BCUT2D eigenvalue weighted by Crippen LogP contribution is -2.13. The van der Waals surface area contributed by atoms with E-state index >= 15 is 0 Å². The van der Waals surface area contributed by atoms with Crippen molar-refractivity contribution in [2.75, 3.05) is 0 Å². The SMILES string of the molecule is CC1CC(c2nc(-c3cccc(Cl)c3)nn2Cc2cn3ccccc3n2)=NO1. The van der Waals surface area contributed by atoms with Crippen LogP contribution >= 0.6 is 11.6 Å². The minimum atomic E-state index is 0.0324. The molecule has 140 valence electrons. The molecule has 4 heterocycles. The molecule has 0 bridgehead atoms. The highest BCUT2D eigenvalue weighted by molar-refractivity contribution is 6.30. The molecule has 0 spiro atoms. The second-order valence-electron chi connectivity index (χ2n) is 6.78. The van der Waals surface area contributed by atoms with Crippen molar-refractivity contribution in [3.63, 3.8) is 0 Å². The average molecular weight is 393 g/mol. The van der Waals surface area contributed by atoms with Gasteiger partial charge >= 0.3 is 0 Å². The van der Waals surface area contributed by atoms with Crippen LogP contribution in [0.1, 0.15) is 24.9 Å². The molecular weight excluding hydrogens is 376 g/mol. The maximum absolute atomic E-state index is 6.14. The van der Waals surface area contributed by atoms with E-state index in [4.69, 9.17) is 26.5 Å². The van der Waals surface area contributed by atoms with E-state index in [2.05, 4.69) is 10.1 Å². The van der Waals surface area contributed by atoms with Crippen LogP contribution in [-0.4, -0.2) is 36.0 Å². The molecule has 1 aromatic carbocycles. The van der Waals surface area contributed by atoms with Gasteiger partial charge in [-0.05, 0) is 31.2 Å². The van der Waals surface area contributed by atoms with Crippen molar-refractivity contribution in [3.8, 4) is 11.4 Å². The van der Waals surface area contributed by atoms with Crippen molar-refractivity contribution >= 4 is 23.0 Å². The van der Waals surface area contributed by atoms with Crippen LogP contribution in [0.2, 0.25) is 5.02 Å². The van der Waals surface area contributed by atoms with Gasteiger partial charge in [0.25, 0.3) is 0 Å². The highest BCUT2D eigenvalue weighted by Crippen LogP contribution is 2.23. The summed E-state index contributed by atoms with van der Waals surface area (Å²) >= 11 is 6.14. The average Bonchev–Trinajstić information content (AvgIpc) is 3.39. The Labute approximate surface area is 166 Å². The van der Waals surface area contributed by atoms with Gasteiger partial charge < -0.3 is 9.24 Å². The molecule has 0 radical (unpaired) electrons. The Morgan fingerprint density at radius 3 is 2.89 bits per heavy atom. The number of aromatic nitrogens is 5. The largest absolute Gasteiger partial charge is 0.392 e. The van der Waals surface area contributed by atoms with E-state index in [-0.39, 0.29) is 6.10 Å². The molecule has 0 fully saturated rings. The summed E-state index contributed by atoms with van der Waals surface area (Å²) in [5, 5.41) is 9.56. The zero-order valence-electron chi connectivity index (χ0n) is 15.2. The molecule has 1 aliphatic rings. The van der Waals surface area contributed by atoms with Gasteiger partial charge in [-0.15, -0.1) is 5.10 Å². The number of rotatable bonds is 4. The first-order valence-corrected chi connectivity index (χ1v) is 9.40. The molecule has 0 N–H and O–H groups in total. The zero-order chi connectivity index (χ0) is 19.1. The predicted molar refractivity (Wildman–Crippen MR) is 106 cm³/mol. The van der Waals surface area contributed by atoms with Crippen molar-refractivity contribution in [1.82, 2.24) is 24.1 Å². The van der Waals surface area contributed by atoms with Crippen LogP contribution in [-0.2, 0) is 11.4 Å². The van der Waals surface area contributed by atoms with Crippen LogP contribution in [0.5, 0.6) is 0 Å². The lowest BCUT2D eigenvalue weighted by Gasteiger charge is -2.02. The minimum absolute atomic E-state index is 0.0324. The third kappa shape index (κ3) is 3.14. The first kappa shape index (κ1) is 16.9. The Morgan fingerprint density at radius 2 is 2.11 bits per heavy atom. The lowest BCUT2D eigenvalue weighted by molar-refractivity contribution is 0.0995. The summed E-state index contributed by atoms with van der Waals surface area (Å²) in [4.78, 5) is 14.8. The van der Waals surface area contributed by atoms with Gasteiger partial charge in [0.2, 0.25) is 0 Å². The maximum atomic E-state index is 6.14. The molecule has 7 nitrogen and oxygen atoms in total. The summed E-state index contributed by atoms with van der Waals surface area (Å²) in [6, 6.07) is 13.4. The van der Waals surface area contributed by atoms with Crippen LogP contribution in [0.15, 0.2) is 60.0 Å². The molecule has 1 atom stereocenters. The van der Waals surface area contributed by atoms with Gasteiger partial charge in [-0.25, -0.2) is 14.6 Å². The second kappa shape index (κ2) is 6.76. The van der Waals surface area contributed by atoms with E-state index in [1.54, 1.807) is 0 Å². The van der Waals surface area contributed by atoms with Gasteiger partial charge in [0, 0.05) is 29.4 Å². The second-order valence-corrected chi connectivity index (χ2v) is 7.22. The van der Waals surface area contributed by atoms with Crippen molar-refractivity contribution in [3.05, 3.63) is 71.4 Å². The van der Waals surface area contributed by atoms with Gasteiger partial charge in [0.05, 0.1) is 12.2 Å². The van der Waals surface area contributed by atoms with Crippen LogP contribution in [0.4, 0.5) is 0 Å². The summed E-state index contributed by atoms with van der Waals surface area (Å²) in [7, 11) is 0. The summed E-state index contributed by atoms with van der Waals surface area (Å²) < 4.78 is 3.82. The smallest absolute Gasteiger partial charge is 0.181 e. The number of benzene rings is 1. The number of pyridine rings is 1. The fourth-order valence-electron chi connectivity index (χ4n) is 3.27. The Kier molecular flexibility index (Phi) is 4.09. The molecule has 4 aromatic rings. The normalized spacial score (nSPS) is 16.4. The highest BCUT2D eigenvalue weighted by Gasteiger charge is 2.24. The number of oxime groups is 1. The van der Waals surface area contributed by atoms with Crippen LogP contribution in [0.3, 0.4) is 0 Å². The summed E-state index contributed by atoms with van der Waals surface area (Å²) in [5.41, 5.74) is 3.43. The molecule has 0 aliphatic carbocycles. The number of imidazole rings is 1. The molecule has 8 heteroatoms. The molecule has 3 aromatic heterocycles. The van der Waals surface area contributed by atoms with Gasteiger partial charge in [0.1, 0.15) is 17.5 Å². The third-order valence-electron chi connectivity index (χ3n) is 4.56. The van der Waals surface area contributed by atoms with Crippen LogP contribution in [0, 0.1) is 0 Å². The zero-order valence-corrected chi connectivity index (χ0v) is 15.9. The number of hydrogen-bond donors (Lipinski definition) is 0. The highest BCUT2D eigenvalue weighted by atomic mass is 35.5. The quantitative estimate of drug-likeness (QED) is 0.529. The maximum Gasteiger partial charge on any atom is 0.181 e. The van der Waals surface area contributed by atoms with Crippen molar-refractivity contribution in [1.29, 1.82) is 0 Å². The summed E-state index contributed by atoms with van der Waals surface area (Å²) in [5.74, 6) is 1.29. The molecule has 0 saturated carbocycles. The Balaban J connectivity index is 1.56. The Morgan fingerprint density at radius 1 is 1.18 bits per heavy atom. The minimum Gasteiger partial charge on any atom is -0.392 e. The Bertz CT molecular complexity index is 1160. The van der Waals surface area contributed by atoms with Crippen molar-refractivity contribution in [2.45, 2.75) is 26.0 Å². The Hall–Kier alpha value is -3.19. The molecular formula is C20H17ClN6O. The van der Waals surface area contributed by atoms with E-state index in [1.807, 2.05) is 70.9 Å². The molecule has 5 rings (SSSR count). The van der Waals surface area contributed by atoms with Gasteiger partial charge in [0.15, 0.2) is 11.6 Å². The number of halogens is 1. The fraction of sp³-hybridized carbons (Fsp3) is 0.200. The topological polar surface area (TPSA) is 69.6 Å². The summed E-state index contributed by atoms with van der Waals surface area (Å²) in [6.45, 7) is 2.47. The van der Waals surface area contributed by atoms with Crippen LogP contribution < -0.4 is 0 Å². The lowest BCUT2D eigenvalue weighted by atomic mass is 10.2. The van der Waals surface area contributed by atoms with E-state index in [9.17, 15) is 0 Å². The van der Waals surface area contributed by atoms with E-state index in [0.717, 1.165) is 22.6 Å². The van der Waals surface area contributed by atoms with Gasteiger partial charge in [-0.1, -0.05) is 35.0 Å². The van der Waals surface area contributed by atoms with E-state index in [1.165, 1.54) is 0 Å². The molecule has 1 aliphatic heterocycles. The van der Waals surface area contributed by atoms with E-state index in [0.29, 0.717) is 29.6 Å². The molecule has 0 saturated heterocycles. The number of fused-ring (bicyclic) bond motifs is 1. The standard InChI is InChI=1S/C20H17ClN6O/c1-13-9-17(25-28-13)20-23-19(14-5-4-6-15(21)10-14)24-27(20)12-16-11-26-8-3-2-7-18(26)22-16/h2-8,10-11,13H,9,12H2,1H3. The summed E-state index contributed by atoms with van der Waals surface area (Å²) in [6.07, 6.45) is 4.70. The van der Waals surface area contributed by atoms with Crippen molar-refractivity contribution in [2.24, 2.45) is 5.16 Å².